The molecule has 0 aromatic carbocycles. The van der Waals surface area contributed by atoms with Crippen LogP contribution in [0.2, 0.25) is 0 Å². The van der Waals surface area contributed by atoms with Crippen molar-refractivity contribution in [2.24, 2.45) is 11.8 Å². The molecular weight excluding hydrogens is 157 g/mol. The van der Waals surface area contributed by atoms with Crippen LogP contribution in [0.4, 0.5) is 4.39 Å². The normalized spacial score (nSPS) is 32.2. The Kier molecular flexibility index (Phi) is 3.95. The summed E-state index contributed by atoms with van der Waals surface area (Å²) in [6.07, 6.45) is 1.66. The summed E-state index contributed by atoms with van der Waals surface area (Å²) in [5.74, 6) is 0.690. The summed E-state index contributed by atoms with van der Waals surface area (Å²) in [7, 11) is 2.05. The molecule has 0 spiro atoms. The Bertz CT molecular complexity index is 132. The molecule has 0 bridgehead atoms. The Morgan fingerprint density at radius 1 is 1.50 bits per heavy atom. The van der Waals surface area contributed by atoms with Gasteiger partial charge in [-0.3, -0.25) is 4.39 Å². The van der Waals surface area contributed by atoms with Crippen molar-refractivity contribution in [2.45, 2.75) is 12.8 Å². The first-order valence-electron chi connectivity index (χ1n) is 4.63. The third kappa shape index (κ3) is 2.42. The first kappa shape index (κ1) is 9.93. The average Bonchev–Trinajstić information content (AvgIpc) is 2.08. The molecule has 1 saturated heterocycles. The molecule has 2 atom stereocenters. The lowest BCUT2D eigenvalue weighted by atomic mass is 9.84. The number of aliphatic hydroxyl groups is 1. The van der Waals surface area contributed by atoms with Gasteiger partial charge in [-0.05, 0) is 38.3 Å². The minimum Gasteiger partial charge on any atom is -0.396 e. The Labute approximate surface area is 73.4 Å². The molecule has 0 radical (unpaired) electrons. The van der Waals surface area contributed by atoms with Crippen LogP contribution < -0.4 is 0 Å². The summed E-state index contributed by atoms with van der Waals surface area (Å²) in [4.78, 5) is 2.20. The van der Waals surface area contributed by atoms with Crippen molar-refractivity contribution in [3.8, 4) is 0 Å². The third-order valence-corrected chi connectivity index (χ3v) is 2.81. The van der Waals surface area contributed by atoms with Gasteiger partial charge < -0.3 is 10.0 Å². The van der Waals surface area contributed by atoms with Crippen LogP contribution in [-0.2, 0) is 0 Å². The summed E-state index contributed by atoms with van der Waals surface area (Å²) < 4.78 is 12.1. The molecule has 2 unspecified atom stereocenters. The molecular formula is C9H18FNO. The molecule has 0 amide bonds. The monoisotopic (exact) mass is 175 g/mol. The van der Waals surface area contributed by atoms with Crippen LogP contribution in [0, 0.1) is 11.8 Å². The fourth-order valence-corrected chi connectivity index (χ4v) is 1.99. The Hall–Kier alpha value is -0.150. The Morgan fingerprint density at radius 3 is 2.83 bits per heavy atom. The highest BCUT2D eigenvalue weighted by Gasteiger charge is 2.26. The minimum atomic E-state index is -0.245. The van der Waals surface area contributed by atoms with Crippen molar-refractivity contribution >= 4 is 0 Å². The number of rotatable bonds is 3. The summed E-state index contributed by atoms with van der Waals surface area (Å²) in [5, 5.41) is 9.06. The minimum absolute atomic E-state index is 0.203. The van der Waals surface area contributed by atoms with Gasteiger partial charge in [-0.15, -0.1) is 0 Å². The predicted molar refractivity (Wildman–Crippen MR) is 46.8 cm³/mol. The molecule has 0 aromatic heterocycles. The second kappa shape index (κ2) is 4.77. The first-order chi connectivity index (χ1) is 5.77. The number of hydrogen-bond acceptors (Lipinski definition) is 2. The smallest absolute Gasteiger partial charge is 0.0897 e. The molecule has 0 aliphatic carbocycles. The van der Waals surface area contributed by atoms with E-state index in [0.29, 0.717) is 18.3 Å². The molecule has 1 aliphatic rings. The Morgan fingerprint density at radius 2 is 2.25 bits per heavy atom. The van der Waals surface area contributed by atoms with E-state index in [1.807, 2.05) is 7.05 Å². The molecule has 0 saturated carbocycles. The maximum atomic E-state index is 12.1. The zero-order chi connectivity index (χ0) is 8.97. The van der Waals surface area contributed by atoms with Gasteiger partial charge in [-0.1, -0.05) is 0 Å². The van der Waals surface area contributed by atoms with Crippen LogP contribution in [-0.4, -0.2) is 43.4 Å². The zero-order valence-electron chi connectivity index (χ0n) is 7.67. The van der Waals surface area contributed by atoms with Crippen molar-refractivity contribution in [2.75, 3.05) is 33.4 Å². The second-order valence-corrected chi connectivity index (χ2v) is 3.73. The van der Waals surface area contributed by atoms with E-state index in [4.69, 9.17) is 5.11 Å². The zero-order valence-corrected chi connectivity index (χ0v) is 7.67. The van der Waals surface area contributed by atoms with Crippen LogP contribution in [0.5, 0.6) is 0 Å². The molecule has 0 aromatic rings. The summed E-state index contributed by atoms with van der Waals surface area (Å²) >= 11 is 0. The van der Waals surface area contributed by atoms with E-state index in [-0.39, 0.29) is 13.3 Å². The number of alkyl halides is 1. The van der Waals surface area contributed by atoms with E-state index in [1.165, 1.54) is 0 Å². The van der Waals surface area contributed by atoms with Crippen molar-refractivity contribution in [3.63, 3.8) is 0 Å². The van der Waals surface area contributed by atoms with Gasteiger partial charge in [0.25, 0.3) is 0 Å². The van der Waals surface area contributed by atoms with Gasteiger partial charge in [0.1, 0.15) is 0 Å². The van der Waals surface area contributed by atoms with Crippen molar-refractivity contribution in [3.05, 3.63) is 0 Å². The molecule has 1 fully saturated rings. The number of piperidine rings is 1. The van der Waals surface area contributed by atoms with E-state index in [2.05, 4.69) is 4.90 Å². The Balaban J connectivity index is 2.39. The highest BCUT2D eigenvalue weighted by atomic mass is 19.1. The van der Waals surface area contributed by atoms with Gasteiger partial charge in [-0.25, -0.2) is 0 Å². The third-order valence-electron chi connectivity index (χ3n) is 2.81. The van der Waals surface area contributed by atoms with E-state index in [1.54, 1.807) is 0 Å². The van der Waals surface area contributed by atoms with Gasteiger partial charge in [0.2, 0.25) is 0 Å². The van der Waals surface area contributed by atoms with E-state index in [0.717, 1.165) is 19.5 Å². The predicted octanol–water partition coefficient (Wildman–Crippen LogP) is 0.906. The molecule has 1 rings (SSSR count). The van der Waals surface area contributed by atoms with E-state index >= 15 is 0 Å². The quantitative estimate of drug-likeness (QED) is 0.689. The van der Waals surface area contributed by atoms with Crippen molar-refractivity contribution in [1.29, 1.82) is 0 Å². The maximum absolute atomic E-state index is 12.1. The number of nitrogens with zero attached hydrogens (tertiary/aromatic N) is 1. The van der Waals surface area contributed by atoms with Crippen LogP contribution >= 0.6 is 0 Å². The van der Waals surface area contributed by atoms with Gasteiger partial charge in [0.05, 0.1) is 6.67 Å². The van der Waals surface area contributed by atoms with Crippen molar-refractivity contribution in [1.82, 2.24) is 4.90 Å². The van der Waals surface area contributed by atoms with Crippen LogP contribution in [0.1, 0.15) is 12.8 Å². The highest BCUT2D eigenvalue weighted by Crippen LogP contribution is 2.25. The van der Waals surface area contributed by atoms with Crippen LogP contribution in [0.3, 0.4) is 0 Å². The fourth-order valence-electron chi connectivity index (χ4n) is 1.99. The molecule has 1 aliphatic heterocycles. The first-order valence-corrected chi connectivity index (χ1v) is 4.63. The lowest BCUT2D eigenvalue weighted by molar-refractivity contribution is 0.0787. The largest absolute Gasteiger partial charge is 0.396 e. The van der Waals surface area contributed by atoms with Crippen molar-refractivity contribution < 1.29 is 9.50 Å². The number of halogens is 1. The summed E-state index contributed by atoms with van der Waals surface area (Å²) in [6, 6.07) is 0. The number of hydrogen-bond donors (Lipinski definition) is 1. The molecule has 1 N–H and O–H groups in total. The van der Waals surface area contributed by atoms with Gasteiger partial charge >= 0.3 is 0 Å². The lowest BCUT2D eigenvalue weighted by Crippen LogP contribution is -2.39. The van der Waals surface area contributed by atoms with E-state index < -0.39 is 0 Å². The van der Waals surface area contributed by atoms with Gasteiger partial charge in [0, 0.05) is 13.2 Å². The molecule has 1 heterocycles. The number of likely N-dealkylation sites (tertiary alicyclic amines) is 1. The lowest BCUT2D eigenvalue weighted by Gasteiger charge is -2.35. The molecule has 2 nitrogen and oxygen atoms in total. The van der Waals surface area contributed by atoms with Crippen LogP contribution in [0.15, 0.2) is 0 Å². The average molecular weight is 175 g/mol. The van der Waals surface area contributed by atoms with Crippen LogP contribution in [0.25, 0.3) is 0 Å². The van der Waals surface area contributed by atoms with Gasteiger partial charge in [0.15, 0.2) is 0 Å². The maximum Gasteiger partial charge on any atom is 0.0897 e. The van der Waals surface area contributed by atoms with Gasteiger partial charge in [-0.2, -0.15) is 0 Å². The highest BCUT2D eigenvalue weighted by molar-refractivity contribution is 4.78. The molecule has 12 heavy (non-hydrogen) atoms. The topological polar surface area (TPSA) is 23.5 Å². The molecule has 3 heteroatoms. The summed E-state index contributed by atoms with van der Waals surface area (Å²) in [6.45, 7) is 1.92. The molecule has 72 valence electrons. The number of aliphatic hydroxyl groups excluding tert-OH is 1. The SMILES string of the molecule is CN1CCC(CCF)C(CO)C1. The second-order valence-electron chi connectivity index (χ2n) is 3.73. The standard InChI is InChI=1S/C9H18FNO/c1-11-5-3-8(2-4-10)9(6-11)7-12/h8-9,12H,2-7H2,1H3. The van der Waals surface area contributed by atoms with E-state index in [9.17, 15) is 4.39 Å². The fraction of sp³-hybridized carbons (Fsp3) is 1.00. The summed E-state index contributed by atoms with van der Waals surface area (Å²) in [5.41, 5.74) is 0.